The van der Waals surface area contributed by atoms with Crippen LogP contribution >= 0.6 is 35.0 Å². The van der Waals surface area contributed by atoms with E-state index in [1.54, 1.807) is 12.3 Å². The molecule has 2 aromatic heterocycles. The molecule has 2 heterocycles. The number of hydrogen-bond acceptors (Lipinski definition) is 9. The summed E-state index contributed by atoms with van der Waals surface area (Å²) >= 11 is 19.8. The van der Waals surface area contributed by atoms with E-state index in [2.05, 4.69) is 42.3 Å². The van der Waals surface area contributed by atoms with Gasteiger partial charge in [-0.3, -0.25) is 0 Å². The third kappa shape index (κ3) is 8.81. The second kappa shape index (κ2) is 11.1. The number of aromatic nitrogens is 4. The minimum Gasteiger partial charge on any atom is -0.231 e. The molecule has 0 aliphatic rings. The summed E-state index contributed by atoms with van der Waals surface area (Å²) in [5, 5.41) is 1.09. The lowest BCUT2D eigenvalue weighted by atomic mass is 10.7. The van der Waals surface area contributed by atoms with E-state index in [0.717, 1.165) is 6.26 Å². The molecule has 0 amide bonds. The first-order chi connectivity index (χ1) is 10.3. The maximum Gasteiger partial charge on any atom is 0.248 e. The van der Waals surface area contributed by atoms with Gasteiger partial charge in [-0.1, -0.05) is 35.0 Å². The lowest BCUT2D eigenvalue weighted by Gasteiger charge is -1.94. The van der Waals surface area contributed by atoms with E-state index in [9.17, 15) is 8.42 Å². The van der Waals surface area contributed by atoms with Gasteiger partial charge in [-0.15, -0.1) is 0 Å². The average Bonchev–Trinajstić information content (AvgIpc) is 2.49. The van der Waals surface area contributed by atoms with Crippen molar-refractivity contribution in [2.24, 2.45) is 0 Å². The topological polar surface area (TPSA) is 85.7 Å². The summed E-state index contributed by atoms with van der Waals surface area (Å²) in [6, 6.07) is 3.07. The van der Waals surface area contributed by atoms with Gasteiger partial charge in [-0.05, 0) is 18.4 Å². The Bertz CT molecular complexity index is 703. The fourth-order valence-corrected chi connectivity index (χ4v) is 2.16. The van der Waals surface area contributed by atoms with Crippen LogP contribution in [0.5, 0.6) is 0 Å². The van der Waals surface area contributed by atoms with E-state index in [4.69, 9.17) is 23.2 Å². The molecule has 0 aliphatic heterocycles. The summed E-state index contributed by atoms with van der Waals surface area (Å²) < 4.78 is 21.6. The molecule has 2 aromatic rings. The fraction of sp³-hybridized carbons (Fsp3) is 0.200. The first kappa shape index (κ1) is 21.5. The van der Waals surface area contributed by atoms with Gasteiger partial charge in [0.2, 0.25) is 15.0 Å². The highest BCUT2D eigenvalue weighted by molar-refractivity contribution is 8.07. The van der Waals surface area contributed by atoms with Gasteiger partial charge in [-0.2, -0.15) is 0 Å². The highest BCUT2D eigenvalue weighted by Crippen LogP contribution is 2.10. The van der Waals surface area contributed by atoms with E-state index in [0.29, 0.717) is 10.3 Å². The van der Waals surface area contributed by atoms with Crippen molar-refractivity contribution in [2.75, 3.05) is 12.5 Å². The molecule has 6 nitrogen and oxygen atoms in total. The summed E-state index contributed by atoms with van der Waals surface area (Å²) in [5.41, 5.74) is 0. The molecule has 0 N–H and O–H groups in total. The van der Waals surface area contributed by atoms with Gasteiger partial charge in [0.05, 0.1) is 0 Å². The summed E-state index contributed by atoms with van der Waals surface area (Å²) in [5.74, 6) is 0. The van der Waals surface area contributed by atoms with Crippen LogP contribution < -0.4 is 0 Å². The molecular formula is C10H10Cl2N4O2S4. The molecular weight excluding hydrogens is 407 g/mol. The first-order valence-corrected chi connectivity index (χ1v) is 10.4. The molecule has 0 saturated heterocycles. The number of thioether (sulfide) groups is 1. The molecule has 0 radical (unpaired) electrons. The lowest BCUT2D eigenvalue weighted by Crippen LogP contribution is -2.02. The molecule has 0 saturated carbocycles. The van der Waals surface area contributed by atoms with Gasteiger partial charge in [0, 0.05) is 41.0 Å². The standard InChI is InChI=1S/C5H5ClN2O2S.C5H5ClN2S.S2/c1-11(9,10)5-7-3-2-4(6)8-5;1-9-5-7-3-2-4(6)8-5;1-2/h2-3H,1H3;2-3H,1H3;. The molecule has 22 heavy (non-hydrogen) atoms. The number of hydrogen-bond donors (Lipinski definition) is 0. The smallest absolute Gasteiger partial charge is 0.231 e. The Balaban J connectivity index is 0.000000366. The van der Waals surface area contributed by atoms with Crippen molar-refractivity contribution in [1.82, 2.24) is 19.9 Å². The zero-order valence-corrected chi connectivity index (χ0v) is 16.1. The van der Waals surface area contributed by atoms with Gasteiger partial charge in [0.15, 0.2) is 5.16 Å². The highest BCUT2D eigenvalue weighted by atomic mass is 35.5. The zero-order valence-electron chi connectivity index (χ0n) is 11.3. The Kier molecular flexibility index (Phi) is 10.8. The van der Waals surface area contributed by atoms with Crippen molar-refractivity contribution in [2.45, 2.75) is 10.3 Å². The quantitative estimate of drug-likeness (QED) is 0.415. The normalized spacial score (nSPS) is 9.82. The van der Waals surface area contributed by atoms with Crippen LogP contribution in [0.1, 0.15) is 0 Å². The van der Waals surface area contributed by atoms with Gasteiger partial charge in [-0.25, -0.2) is 28.4 Å². The Labute approximate surface area is 152 Å². The van der Waals surface area contributed by atoms with Crippen molar-refractivity contribution >= 4 is 67.2 Å². The van der Waals surface area contributed by atoms with Crippen LogP contribution in [0.2, 0.25) is 10.3 Å². The van der Waals surface area contributed by atoms with Crippen LogP contribution in [0.15, 0.2) is 34.8 Å². The summed E-state index contributed by atoms with van der Waals surface area (Å²) in [6.07, 6.45) is 5.87. The third-order valence-corrected chi connectivity index (χ3v) is 3.56. The SMILES string of the molecule is CS(=O)(=O)c1nccc(Cl)n1.CSc1nccc(Cl)n1.S=S. The van der Waals surface area contributed by atoms with E-state index < -0.39 is 9.84 Å². The van der Waals surface area contributed by atoms with Crippen molar-refractivity contribution in [1.29, 1.82) is 0 Å². The summed E-state index contributed by atoms with van der Waals surface area (Å²) in [6.45, 7) is 0. The number of nitrogens with zero attached hydrogens (tertiary/aromatic N) is 4. The molecule has 0 aliphatic carbocycles. The van der Waals surface area contributed by atoms with Gasteiger partial charge in [0.25, 0.3) is 0 Å². The van der Waals surface area contributed by atoms with Crippen LogP contribution in [-0.2, 0) is 32.2 Å². The molecule has 0 spiro atoms. The summed E-state index contributed by atoms with van der Waals surface area (Å²) in [4.78, 5) is 14.9. The molecule has 0 unspecified atom stereocenters. The predicted molar refractivity (Wildman–Crippen MR) is 93.7 cm³/mol. The molecule has 2 rings (SSSR count). The second-order valence-electron chi connectivity index (χ2n) is 3.30. The van der Waals surface area contributed by atoms with Gasteiger partial charge in [0.1, 0.15) is 10.3 Å². The van der Waals surface area contributed by atoms with Crippen LogP contribution in [0.25, 0.3) is 0 Å². The zero-order chi connectivity index (χ0) is 17.2. The van der Waals surface area contributed by atoms with Crippen LogP contribution in [0.4, 0.5) is 0 Å². The van der Waals surface area contributed by atoms with Crippen LogP contribution in [0, 0.1) is 0 Å². The first-order valence-electron chi connectivity index (χ1n) is 5.20. The third-order valence-electron chi connectivity index (χ3n) is 1.71. The second-order valence-corrected chi connectivity index (χ2v) is 6.76. The van der Waals surface area contributed by atoms with Crippen LogP contribution in [0.3, 0.4) is 0 Å². The molecule has 0 bridgehead atoms. The number of rotatable bonds is 2. The average molecular weight is 417 g/mol. The molecule has 12 heteroatoms. The summed E-state index contributed by atoms with van der Waals surface area (Å²) in [7, 11) is -3.33. The monoisotopic (exact) mass is 416 g/mol. The molecule has 0 fully saturated rings. The largest absolute Gasteiger partial charge is 0.248 e. The van der Waals surface area contributed by atoms with E-state index in [-0.39, 0.29) is 10.3 Å². The Morgan fingerprint density at radius 1 is 1.05 bits per heavy atom. The van der Waals surface area contributed by atoms with E-state index in [1.807, 2.05) is 6.26 Å². The maximum atomic E-state index is 10.8. The van der Waals surface area contributed by atoms with Crippen molar-refractivity contribution in [3.05, 3.63) is 34.8 Å². The Morgan fingerprint density at radius 3 is 1.86 bits per heavy atom. The minimum absolute atomic E-state index is 0.125. The van der Waals surface area contributed by atoms with Crippen molar-refractivity contribution in [3.8, 4) is 0 Å². The van der Waals surface area contributed by atoms with Gasteiger partial charge >= 0.3 is 0 Å². The van der Waals surface area contributed by atoms with Crippen molar-refractivity contribution < 1.29 is 8.42 Å². The Morgan fingerprint density at radius 2 is 1.55 bits per heavy atom. The van der Waals surface area contributed by atoms with Crippen molar-refractivity contribution in [3.63, 3.8) is 0 Å². The number of halogens is 2. The maximum absolute atomic E-state index is 10.8. The Hall–Kier alpha value is -0.520. The van der Waals surface area contributed by atoms with Crippen LogP contribution in [-0.4, -0.2) is 40.9 Å². The minimum atomic E-state index is -3.33. The van der Waals surface area contributed by atoms with E-state index >= 15 is 0 Å². The molecule has 0 atom stereocenters. The predicted octanol–water partition coefficient (Wildman–Crippen LogP) is 2.38. The highest BCUT2D eigenvalue weighted by Gasteiger charge is 2.09. The fourth-order valence-electron chi connectivity index (χ4n) is 0.917. The van der Waals surface area contributed by atoms with Gasteiger partial charge < -0.3 is 0 Å². The molecule has 0 aromatic carbocycles. The molecule has 120 valence electrons. The number of sulfone groups is 1. The lowest BCUT2D eigenvalue weighted by molar-refractivity contribution is 0.593. The van der Waals surface area contributed by atoms with E-state index in [1.165, 1.54) is 24.0 Å².